The Hall–Kier alpha value is -1.12. The highest BCUT2D eigenvalue weighted by molar-refractivity contribution is 9.10. The molecule has 18 heavy (non-hydrogen) atoms. The molecule has 92 valence electrons. The molecule has 0 radical (unpaired) electrons. The minimum absolute atomic E-state index is 0.0875. The molecule has 2 rings (SSSR count). The molecule has 1 heterocycles. The maximum atomic E-state index is 11.6. The summed E-state index contributed by atoms with van der Waals surface area (Å²) in [7, 11) is 0. The lowest BCUT2D eigenvalue weighted by atomic mass is 9.83. The van der Waals surface area contributed by atoms with E-state index in [-0.39, 0.29) is 17.7 Å². The number of halogens is 1. The van der Waals surface area contributed by atoms with Gasteiger partial charge in [0, 0.05) is 16.8 Å². The molecular weight excluding hydrogens is 312 g/mol. The molecule has 2 unspecified atom stereocenters. The second kappa shape index (κ2) is 5.68. The Morgan fingerprint density at radius 2 is 2.11 bits per heavy atom. The van der Waals surface area contributed by atoms with E-state index >= 15 is 0 Å². The number of amides is 1. The van der Waals surface area contributed by atoms with Crippen molar-refractivity contribution >= 4 is 38.6 Å². The van der Waals surface area contributed by atoms with E-state index in [9.17, 15) is 10.1 Å². The fourth-order valence-electron chi connectivity index (χ4n) is 2.05. The van der Waals surface area contributed by atoms with Gasteiger partial charge in [0.2, 0.25) is 5.91 Å². The summed E-state index contributed by atoms with van der Waals surface area (Å²) in [4.78, 5) is 15.6. The van der Waals surface area contributed by atoms with Crippen molar-refractivity contribution in [2.45, 2.75) is 12.3 Å². The summed E-state index contributed by atoms with van der Waals surface area (Å²) in [6.07, 6.45) is 2.16. The van der Waals surface area contributed by atoms with Crippen LogP contribution >= 0.6 is 27.7 Å². The smallest absolute Gasteiger partial charge is 0.247 e. The number of rotatable bonds is 1. The van der Waals surface area contributed by atoms with Crippen molar-refractivity contribution < 1.29 is 4.79 Å². The van der Waals surface area contributed by atoms with E-state index in [2.05, 4.69) is 27.0 Å². The molecule has 0 spiro atoms. The molecule has 1 aliphatic heterocycles. The standard InChI is InChI=1S/C13H11BrN2OS/c1-18-13-11(7-15)10(6-12(17)16-13)8-2-4-9(14)5-3-8/h2-5,10-11H,6H2,1H3. The molecule has 1 aliphatic rings. The summed E-state index contributed by atoms with van der Waals surface area (Å²) < 4.78 is 0.987. The first-order valence-corrected chi connectivity index (χ1v) is 7.48. The van der Waals surface area contributed by atoms with Gasteiger partial charge in [-0.15, -0.1) is 11.8 Å². The molecule has 0 saturated carbocycles. The molecule has 0 saturated heterocycles. The molecule has 2 atom stereocenters. The summed E-state index contributed by atoms with van der Waals surface area (Å²) in [5, 5.41) is 9.93. The largest absolute Gasteiger partial charge is 0.273 e. The van der Waals surface area contributed by atoms with Crippen LogP contribution in [-0.2, 0) is 4.79 Å². The Kier molecular flexibility index (Phi) is 4.20. The number of nitrogens with zero attached hydrogens (tertiary/aromatic N) is 2. The number of carbonyl (C=O) groups excluding carboxylic acids is 1. The van der Waals surface area contributed by atoms with E-state index < -0.39 is 0 Å². The van der Waals surface area contributed by atoms with Gasteiger partial charge >= 0.3 is 0 Å². The van der Waals surface area contributed by atoms with Crippen LogP contribution < -0.4 is 0 Å². The van der Waals surface area contributed by atoms with E-state index in [0.717, 1.165) is 10.0 Å². The molecule has 3 nitrogen and oxygen atoms in total. The quantitative estimate of drug-likeness (QED) is 0.796. The van der Waals surface area contributed by atoms with Crippen LogP contribution in [0.25, 0.3) is 0 Å². The lowest BCUT2D eigenvalue weighted by Gasteiger charge is -2.25. The van der Waals surface area contributed by atoms with Crippen molar-refractivity contribution in [1.82, 2.24) is 0 Å². The highest BCUT2D eigenvalue weighted by Crippen LogP contribution is 2.35. The fourth-order valence-corrected chi connectivity index (χ4v) is 2.98. The molecule has 0 N–H and O–H groups in total. The van der Waals surface area contributed by atoms with Crippen LogP contribution in [0.4, 0.5) is 0 Å². The van der Waals surface area contributed by atoms with E-state index in [1.165, 1.54) is 11.8 Å². The lowest BCUT2D eigenvalue weighted by Crippen LogP contribution is -2.26. The predicted octanol–water partition coefficient (Wildman–Crippen LogP) is 3.36. The van der Waals surface area contributed by atoms with Crippen LogP contribution in [0.3, 0.4) is 0 Å². The van der Waals surface area contributed by atoms with Crippen molar-refractivity contribution in [1.29, 1.82) is 5.26 Å². The number of carbonyl (C=O) groups is 1. The molecule has 0 fully saturated rings. The van der Waals surface area contributed by atoms with Crippen molar-refractivity contribution in [3.05, 3.63) is 34.3 Å². The average Bonchev–Trinajstić information content (AvgIpc) is 2.38. The van der Waals surface area contributed by atoms with Crippen molar-refractivity contribution in [3.63, 3.8) is 0 Å². The highest BCUT2D eigenvalue weighted by Gasteiger charge is 2.33. The number of thioether (sulfide) groups is 1. The van der Waals surface area contributed by atoms with Crippen molar-refractivity contribution in [2.75, 3.05) is 6.26 Å². The van der Waals surface area contributed by atoms with Gasteiger partial charge in [-0.05, 0) is 24.0 Å². The SMILES string of the molecule is CSC1=NC(=O)CC(c2ccc(Br)cc2)C1C#N. The molecule has 1 aromatic carbocycles. The molecule has 0 aromatic heterocycles. The zero-order valence-corrected chi connectivity index (χ0v) is 12.2. The molecule has 1 aromatic rings. The zero-order chi connectivity index (χ0) is 13.1. The van der Waals surface area contributed by atoms with Crippen LogP contribution in [-0.4, -0.2) is 17.2 Å². The van der Waals surface area contributed by atoms with Gasteiger partial charge in [0.1, 0.15) is 5.92 Å². The van der Waals surface area contributed by atoms with Crippen molar-refractivity contribution in [3.8, 4) is 6.07 Å². The first kappa shape index (κ1) is 13.3. The second-order valence-corrected chi connectivity index (χ2v) is 5.76. The van der Waals surface area contributed by atoms with Gasteiger partial charge in [-0.1, -0.05) is 28.1 Å². The first-order chi connectivity index (χ1) is 8.65. The minimum Gasteiger partial charge on any atom is -0.273 e. The Labute approximate surface area is 118 Å². The fraction of sp³-hybridized carbons (Fsp3) is 0.308. The number of hydrogen-bond donors (Lipinski definition) is 0. The van der Waals surface area contributed by atoms with E-state index in [4.69, 9.17) is 0 Å². The molecule has 1 amide bonds. The Balaban J connectivity index is 2.38. The van der Waals surface area contributed by atoms with Gasteiger partial charge in [0.05, 0.1) is 11.1 Å². The summed E-state index contributed by atoms with van der Waals surface area (Å²) in [6, 6.07) is 10.0. The van der Waals surface area contributed by atoms with Crippen molar-refractivity contribution in [2.24, 2.45) is 10.9 Å². The summed E-state index contributed by atoms with van der Waals surface area (Å²) >= 11 is 4.76. The number of benzene rings is 1. The lowest BCUT2D eigenvalue weighted by molar-refractivity contribution is -0.118. The molecule has 0 aliphatic carbocycles. The maximum Gasteiger partial charge on any atom is 0.247 e. The van der Waals surface area contributed by atoms with Crippen LogP contribution in [0.1, 0.15) is 17.9 Å². The third kappa shape index (κ3) is 2.65. The normalized spacial score (nSPS) is 23.4. The summed E-state index contributed by atoms with van der Waals surface area (Å²) in [5.41, 5.74) is 1.01. The number of aliphatic imine (C=N–C) groups is 1. The Morgan fingerprint density at radius 1 is 1.44 bits per heavy atom. The second-order valence-electron chi connectivity index (χ2n) is 4.02. The first-order valence-electron chi connectivity index (χ1n) is 5.46. The van der Waals surface area contributed by atoms with E-state index in [0.29, 0.717) is 11.5 Å². The molecule has 5 heteroatoms. The van der Waals surface area contributed by atoms with Crippen LogP contribution in [0, 0.1) is 17.2 Å². The predicted molar refractivity (Wildman–Crippen MR) is 76.6 cm³/mol. The van der Waals surface area contributed by atoms with E-state index in [1.807, 2.05) is 30.5 Å². The molecule has 0 bridgehead atoms. The number of hydrogen-bond acceptors (Lipinski definition) is 3. The molecular formula is C13H11BrN2OS. The van der Waals surface area contributed by atoms with Gasteiger partial charge in [0.15, 0.2) is 0 Å². The topological polar surface area (TPSA) is 53.2 Å². The Morgan fingerprint density at radius 3 is 2.67 bits per heavy atom. The maximum absolute atomic E-state index is 11.6. The third-order valence-electron chi connectivity index (χ3n) is 2.94. The van der Waals surface area contributed by atoms with Crippen LogP contribution in [0.2, 0.25) is 0 Å². The monoisotopic (exact) mass is 322 g/mol. The minimum atomic E-state index is -0.320. The van der Waals surface area contributed by atoms with Gasteiger partial charge in [-0.3, -0.25) is 4.79 Å². The zero-order valence-electron chi connectivity index (χ0n) is 9.76. The number of nitriles is 1. The third-order valence-corrected chi connectivity index (χ3v) is 4.24. The van der Waals surface area contributed by atoms with Gasteiger partial charge in [0.25, 0.3) is 0 Å². The highest BCUT2D eigenvalue weighted by atomic mass is 79.9. The van der Waals surface area contributed by atoms with E-state index in [1.54, 1.807) is 0 Å². The van der Waals surface area contributed by atoms with Gasteiger partial charge < -0.3 is 0 Å². The van der Waals surface area contributed by atoms with Crippen LogP contribution in [0.5, 0.6) is 0 Å². The van der Waals surface area contributed by atoms with Gasteiger partial charge in [-0.2, -0.15) is 5.26 Å². The van der Waals surface area contributed by atoms with Gasteiger partial charge in [-0.25, -0.2) is 4.99 Å². The summed E-state index contributed by atoms with van der Waals surface area (Å²) in [6.45, 7) is 0. The summed E-state index contributed by atoms with van der Waals surface area (Å²) in [5.74, 6) is -0.548. The average molecular weight is 323 g/mol. The Bertz CT molecular complexity index is 533. The van der Waals surface area contributed by atoms with Crippen LogP contribution in [0.15, 0.2) is 33.7 Å².